The van der Waals surface area contributed by atoms with E-state index in [9.17, 15) is 4.79 Å². The molecule has 0 unspecified atom stereocenters. The number of allylic oxidation sites excluding steroid dienone is 1. The van der Waals surface area contributed by atoms with Gasteiger partial charge in [0.25, 0.3) is 0 Å². The van der Waals surface area contributed by atoms with Crippen LogP contribution in [0.1, 0.15) is 26.7 Å². The van der Waals surface area contributed by atoms with Gasteiger partial charge in [0.1, 0.15) is 5.75 Å². The van der Waals surface area contributed by atoms with Crippen LogP contribution < -0.4 is 15.4 Å². The number of rotatable bonds is 6. The molecule has 2 aromatic carbocycles. The second kappa shape index (κ2) is 10.6. The van der Waals surface area contributed by atoms with E-state index in [2.05, 4.69) is 39.2 Å². The van der Waals surface area contributed by atoms with Crippen LogP contribution in [-0.2, 0) is 4.79 Å². The largest absolute Gasteiger partial charge is 0.496 e. The molecule has 1 aliphatic rings. The minimum atomic E-state index is -0.137. The maximum absolute atomic E-state index is 11.9. The Hall–Kier alpha value is -1.92. The van der Waals surface area contributed by atoms with Crippen LogP contribution in [0.3, 0.4) is 0 Å². The second-order valence-corrected chi connectivity index (χ2v) is 8.24. The van der Waals surface area contributed by atoms with Gasteiger partial charge in [-0.15, -0.1) is 12.6 Å². The van der Waals surface area contributed by atoms with E-state index in [4.69, 9.17) is 4.74 Å². The van der Waals surface area contributed by atoms with Crippen molar-refractivity contribution in [3.05, 3.63) is 64.8 Å². The molecule has 0 aliphatic heterocycles. The van der Waals surface area contributed by atoms with Crippen LogP contribution >= 0.6 is 28.6 Å². The molecule has 150 valence electrons. The molecular formula is C22H27BrN2O2S. The number of halogens is 1. The number of carbonyl (C=O) groups excluding carboxylic acids is 1. The summed E-state index contributed by atoms with van der Waals surface area (Å²) in [5.74, 6) is 0.928. The molecule has 1 fully saturated rings. The Morgan fingerprint density at radius 2 is 1.93 bits per heavy atom. The summed E-state index contributed by atoms with van der Waals surface area (Å²) in [6.07, 6.45) is 3.94. The zero-order valence-electron chi connectivity index (χ0n) is 16.5. The Morgan fingerprint density at radius 1 is 1.25 bits per heavy atom. The molecule has 2 aromatic rings. The van der Waals surface area contributed by atoms with Gasteiger partial charge in [-0.1, -0.05) is 31.2 Å². The van der Waals surface area contributed by atoms with Crippen molar-refractivity contribution in [3.8, 4) is 5.75 Å². The average Bonchev–Trinajstić information content (AvgIpc) is 3.45. The van der Waals surface area contributed by atoms with E-state index >= 15 is 0 Å². The molecule has 4 nitrogen and oxygen atoms in total. The second-order valence-electron chi connectivity index (χ2n) is 6.87. The highest BCUT2D eigenvalue weighted by molar-refractivity contribution is 9.10. The molecule has 2 N–H and O–H groups in total. The van der Waals surface area contributed by atoms with Crippen LogP contribution in [-0.4, -0.2) is 19.6 Å². The number of amides is 1. The van der Waals surface area contributed by atoms with Gasteiger partial charge in [-0.3, -0.25) is 4.79 Å². The Balaban J connectivity index is 0.000000336. The van der Waals surface area contributed by atoms with Crippen LogP contribution in [0, 0.1) is 5.41 Å². The zero-order valence-corrected chi connectivity index (χ0v) is 18.9. The molecule has 28 heavy (non-hydrogen) atoms. The molecule has 1 amide bonds. The van der Waals surface area contributed by atoms with Gasteiger partial charge in [-0.2, -0.15) is 0 Å². The number of anilines is 1. The first-order valence-electron chi connectivity index (χ1n) is 9.16. The summed E-state index contributed by atoms with van der Waals surface area (Å²) in [5.41, 5.74) is 1.77. The van der Waals surface area contributed by atoms with E-state index in [1.54, 1.807) is 7.11 Å². The van der Waals surface area contributed by atoms with Crippen LogP contribution in [0.15, 0.2) is 69.7 Å². The number of nitrogens with one attached hydrogen (secondary N) is 2. The van der Waals surface area contributed by atoms with Gasteiger partial charge in [-0.05, 0) is 66.0 Å². The van der Waals surface area contributed by atoms with Crippen molar-refractivity contribution in [2.24, 2.45) is 5.41 Å². The zero-order chi connectivity index (χ0) is 20.6. The van der Waals surface area contributed by atoms with E-state index in [-0.39, 0.29) is 11.3 Å². The standard InChI is InChI=1S/C16H21BrN2O2.C6H6S/c1-4-11(10-18-15(20)16(2)7-8-16)19-12-5-6-14(21-3)13(17)9-12;7-6-4-2-1-3-5-6/h4-6,9,19H,7-8,10H2,1-3H3,(H,18,20);1-5,7H/b11-4-;. The average molecular weight is 463 g/mol. The molecule has 0 saturated heterocycles. The minimum absolute atomic E-state index is 0.137. The Kier molecular flexibility index (Phi) is 8.45. The fourth-order valence-electron chi connectivity index (χ4n) is 2.38. The third-order valence-corrected chi connectivity index (χ3v) is 5.47. The quantitative estimate of drug-likeness (QED) is 0.485. The number of methoxy groups -OCH3 is 1. The highest BCUT2D eigenvalue weighted by Crippen LogP contribution is 2.44. The van der Waals surface area contributed by atoms with Gasteiger partial charge in [0, 0.05) is 21.7 Å². The number of hydrogen-bond acceptors (Lipinski definition) is 4. The number of ether oxygens (including phenoxy) is 1. The number of thiol groups is 1. The molecule has 1 aliphatic carbocycles. The Bertz CT molecular complexity index is 821. The first kappa shape index (κ1) is 22.4. The van der Waals surface area contributed by atoms with Gasteiger partial charge in [0.2, 0.25) is 5.91 Å². The van der Waals surface area contributed by atoms with Gasteiger partial charge >= 0.3 is 0 Å². The SMILES string of the molecule is C/C=C(/CNC(=O)C1(C)CC1)Nc1ccc(OC)c(Br)c1.Sc1ccccc1. The van der Waals surface area contributed by atoms with Crippen LogP contribution in [0.25, 0.3) is 0 Å². The van der Waals surface area contributed by atoms with Crippen molar-refractivity contribution in [2.45, 2.75) is 31.6 Å². The number of hydrogen-bond donors (Lipinski definition) is 3. The van der Waals surface area contributed by atoms with Crippen molar-refractivity contribution in [1.82, 2.24) is 5.32 Å². The van der Waals surface area contributed by atoms with Crippen molar-refractivity contribution in [1.29, 1.82) is 0 Å². The minimum Gasteiger partial charge on any atom is -0.496 e. The van der Waals surface area contributed by atoms with Gasteiger partial charge in [-0.25, -0.2) is 0 Å². The summed E-state index contributed by atoms with van der Waals surface area (Å²) in [5, 5.41) is 6.30. The highest BCUT2D eigenvalue weighted by Gasteiger charge is 2.44. The van der Waals surface area contributed by atoms with Crippen molar-refractivity contribution in [3.63, 3.8) is 0 Å². The summed E-state index contributed by atoms with van der Waals surface area (Å²) in [6, 6.07) is 15.6. The first-order valence-corrected chi connectivity index (χ1v) is 10.4. The molecule has 3 rings (SSSR count). The summed E-state index contributed by atoms with van der Waals surface area (Å²) < 4.78 is 6.10. The highest BCUT2D eigenvalue weighted by atomic mass is 79.9. The first-order chi connectivity index (χ1) is 13.4. The summed E-state index contributed by atoms with van der Waals surface area (Å²) in [4.78, 5) is 13.0. The smallest absolute Gasteiger partial charge is 0.226 e. The van der Waals surface area contributed by atoms with Gasteiger partial charge < -0.3 is 15.4 Å². The predicted molar refractivity (Wildman–Crippen MR) is 122 cm³/mol. The van der Waals surface area contributed by atoms with E-state index < -0.39 is 0 Å². The van der Waals surface area contributed by atoms with Crippen LogP contribution in [0.5, 0.6) is 5.75 Å². The number of benzene rings is 2. The molecule has 1 saturated carbocycles. The van der Waals surface area contributed by atoms with Crippen LogP contribution in [0.2, 0.25) is 0 Å². The molecule has 0 heterocycles. The molecule has 0 radical (unpaired) electrons. The lowest BCUT2D eigenvalue weighted by Gasteiger charge is -2.15. The fourth-order valence-corrected chi connectivity index (χ4v) is 3.09. The Morgan fingerprint density at radius 3 is 2.39 bits per heavy atom. The topological polar surface area (TPSA) is 50.4 Å². The monoisotopic (exact) mass is 462 g/mol. The van der Waals surface area contributed by atoms with Gasteiger partial charge in [0.05, 0.1) is 18.1 Å². The van der Waals surface area contributed by atoms with Gasteiger partial charge in [0.15, 0.2) is 0 Å². The normalized spacial score (nSPS) is 14.4. The van der Waals surface area contributed by atoms with Crippen LogP contribution in [0.4, 0.5) is 5.69 Å². The van der Waals surface area contributed by atoms with E-state index in [0.717, 1.165) is 39.3 Å². The summed E-state index contributed by atoms with van der Waals surface area (Å²) in [7, 11) is 1.64. The molecule has 0 bridgehead atoms. The maximum atomic E-state index is 11.9. The number of carbonyl (C=O) groups is 1. The third-order valence-electron chi connectivity index (χ3n) is 4.55. The molecule has 0 atom stereocenters. The molecule has 0 spiro atoms. The fraction of sp³-hybridized carbons (Fsp3) is 0.318. The van der Waals surface area contributed by atoms with E-state index in [1.165, 1.54) is 0 Å². The summed E-state index contributed by atoms with van der Waals surface area (Å²) in [6.45, 7) is 4.46. The summed E-state index contributed by atoms with van der Waals surface area (Å²) >= 11 is 7.55. The lowest BCUT2D eigenvalue weighted by Crippen LogP contribution is -2.33. The van der Waals surface area contributed by atoms with E-state index in [1.807, 2.05) is 68.5 Å². The van der Waals surface area contributed by atoms with E-state index in [0.29, 0.717) is 6.54 Å². The van der Waals surface area contributed by atoms with Crippen molar-refractivity contribution in [2.75, 3.05) is 19.0 Å². The third kappa shape index (κ3) is 6.91. The maximum Gasteiger partial charge on any atom is 0.226 e. The van der Waals surface area contributed by atoms with Crippen molar-refractivity contribution < 1.29 is 9.53 Å². The predicted octanol–water partition coefficient (Wildman–Crippen LogP) is 5.67. The Labute approximate surface area is 181 Å². The molecule has 6 heteroatoms. The lowest BCUT2D eigenvalue weighted by atomic mass is 10.1. The van der Waals surface area contributed by atoms with Crippen molar-refractivity contribution >= 4 is 40.2 Å². The molecular weight excluding hydrogens is 436 g/mol. The lowest BCUT2D eigenvalue weighted by molar-refractivity contribution is -0.125. The molecule has 0 aromatic heterocycles.